The second-order valence-corrected chi connectivity index (χ2v) is 8.69. The molecule has 0 bridgehead atoms. The fourth-order valence-corrected chi connectivity index (χ4v) is 5.24. The van der Waals surface area contributed by atoms with E-state index in [1.807, 2.05) is 37.3 Å². The lowest BCUT2D eigenvalue weighted by atomic mass is 9.68. The van der Waals surface area contributed by atoms with Gasteiger partial charge in [0.1, 0.15) is 17.8 Å². The number of hydrogen-bond acceptors (Lipinski definition) is 4. The third kappa shape index (κ3) is 3.38. The largest absolute Gasteiger partial charge is 0.497 e. The van der Waals surface area contributed by atoms with Gasteiger partial charge in [0.25, 0.3) is 0 Å². The first-order valence-electron chi connectivity index (χ1n) is 11.6. The Balaban J connectivity index is 1.54. The molecule has 1 heterocycles. The molecule has 4 aromatic carbocycles. The van der Waals surface area contributed by atoms with E-state index < -0.39 is 5.41 Å². The number of ether oxygens (including phenoxy) is 2. The third-order valence-electron chi connectivity index (χ3n) is 6.76. The van der Waals surface area contributed by atoms with Gasteiger partial charge in [0.2, 0.25) is 5.88 Å². The topological polar surface area (TPSA) is 44.2 Å². The lowest BCUT2D eigenvalue weighted by molar-refractivity contribution is 0.414. The van der Waals surface area contributed by atoms with Crippen LogP contribution in [0, 0.1) is 6.92 Å². The molecule has 0 fully saturated rings. The molecule has 6 rings (SSSR count). The van der Waals surface area contributed by atoms with E-state index in [1.165, 1.54) is 39.7 Å². The van der Waals surface area contributed by atoms with E-state index in [9.17, 15) is 0 Å². The van der Waals surface area contributed by atoms with Crippen LogP contribution in [0.3, 0.4) is 0 Å². The second-order valence-electron chi connectivity index (χ2n) is 8.69. The molecule has 0 saturated carbocycles. The number of rotatable bonds is 5. The van der Waals surface area contributed by atoms with Crippen molar-refractivity contribution >= 4 is 0 Å². The lowest BCUT2D eigenvalue weighted by Crippen LogP contribution is -2.28. The van der Waals surface area contributed by atoms with Crippen LogP contribution in [0.4, 0.5) is 0 Å². The molecule has 35 heavy (non-hydrogen) atoms. The molecule has 4 heteroatoms. The first-order chi connectivity index (χ1) is 17.2. The molecule has 5 aromatic rings. The lowest BCUT2D eigenvalue weighted by Gasteiger charge is -2.34. The van der Waals surface area contributed by atoms with Crippen LogP contribution in [0.15, 0.2) is 109 Å². The Morgan fingerprint density at radius 2 is 1.17 bits per heavy atom. The van der Waals surface area contributed by atoms with Crippen molar-refractivity contribution in [2.24, 2.45) is 0 Å². The molecule has 0 aliphatic heterocycles. The molecule has 0 unspecified atom stereocenters. The number of benzene rings is 4. The van der Waals surface area contributed by atoms with Gasteiger partial charge in [-0.15, -0.1) is 0 Å². The van der Waals surface area contributed by atoms with Gasteiger partial charge in [0.05, 0.1) is 12.5 Å². The van der Waals surface area contributed by atoms with Crippen LogP contribution in [0.25, 0.3) is 11.1 Å². The Labute approximate surface area is 204 Å². The van der Waals surface area contributed by atoms with E-state index in [0.29, 0.717) is 5.88 Å². The number of fused-ring (bicyclic) bond motifs is 3. The van der Waals surface area contributed by atoms with E-state index in [-0.39, 0.29) is 0 Å². The number of aromatic nitrogens is 2. The van der Waals surface area contributed by atoms with Crippen molar-refractivity contribution in [3.05, 3.63) is 137 Å². The smallest absolute Gasteiger partial charge is 0.222 e. The summed E-state index contributed by atoms with van der Waals surface area (Å²) in [6.07, 6.45) is 1.52. The van der Waals surface area contributed by atoms with Gasteiger partial charge >= 0.3 is 0 Å². The molecule has 170 valence electrons. The summed E-state index contributed by atoms with van der Waals surface area (Å²) in [7, 11) is 1.70. The van der Waals surface area contributed by atoms with Crippen LogP contribution < -0.4 is 9.47 Å². The molecule has 0 spiro atoms. The van der Waals surface area contributed by atoms with Gasteiger partial charge in [-0.05, 0) is 64.6 Å². The Morgan fingerprint density at radius 1 is 0.629 bits per heavy atom. The molecule has 0 atom stereocenters. The van der Waals surface area contributed by atoms with Gasteiger partial charge in [-0.1, -0.05) is 72.8 Å². The van der Waals surface area contributed by atoms with Crippen molar-refractivity contribution in [3.8, 4) is 28.5 Å². The van der Waals surface area contributed by atoms with E-state index >= 15 is 0 Å². The number of methoxy groups -OCH3 is 1. The van der Waals surface area contributed by atoms with Gasteiger partial charge < -0.3 is 9.47 Å². The highest BCUT2D eigenvalue weighted by atomic mass is 16.5. The number of nitrogens with zero attached hydrogens (tertiary/aromatic N) is 2. The van der Waals surface area contributed by atoms with Crippen LogP contribution in [0.1, 0.15) is 27.9 Å². The average Bonchev–Trinajstić information content (AvgIpc) is 3.21. The van der Waals surface area contributed by atoms with E-state index in [2.05, 4.69) is 82.8 Å². The fourth-order valence-electron chi connectivity index (χ4n) is 5.24. The first-order valence-corrected chi connectivity index (χ1v) is 11.6. The van der Waals surface area contributed by atoms with Gasteiger partial charge in [-0.3, -0.25) is 0 Å². The molecule has 0 radical (unpaired) electrons. The maximum absolute atomic E-state index is 6.02. The average molecular weight is 457 g/mol. The minimum Gasteiger partial charge on any atom is -0.497 e. The minimum atomic E-state index is -0.455. The summed E-state index contributed by atoms with van der Waals surface area (Å²) in [6, 6.07) is 36.0. The molecule has 1 aliphatic rings. The van der Waals surface area contributed by atoms with Crippen LogP contribution in [-0.2, 0) is 5.41 Å². The van der Waals surface area contributed by atoms with Gasteiger partial charge in [-0.25, -0.2) is 9.97 Å². The van der Waals surface area contributed by atoms with Crippen molar-refractivity contribution < 1.29 is 9.47 Å². The summed E-state index contributed by atoms with van der Waals surface area (Å²) >= 11 is 0. The van der Waals surface area contributed by atoms with Crippen LogP contribution in [0.5, 0.6) is 17.4 Å². The van der Waals surface area contributed by atoms with Gasteiger partial charge in [0.15, 0.2) is 0 Å². The highest BCUT2D eigenvalue weighted by molar-refractivity contribution is 5.86. The summed E-state index contributed by atoms with van der Waals surface area (Å²) in [5, 5.41) is 0. The summed E-state index contributed by atoms with van der Waals surface area (Å²) in [6.45, 7) is 1.92. The second kappa shape index (κ2) is 8.41. The standard InChI is InChI=1S/C31H24N2O2/c1-21-19-30(33-20-32-21)35-25-17-13-23(14-18-25)31(22-11-15-24(34-2)16-12-22)28-9-5-3-7-26(28)27-8-4-6-10-29(27)31/h3-20H,1-2H3. The van der Waals surface area contributed by atoms with E-state index in [0.717, 1.165) is 17.2 Å². The maximum Gasteiger partial charge on any atom is 0.222 e. The first kappa shape index (κ1) is 21.1. The normalized spacial score (nSPS) is 13.1. The number of aryl methyl sites for hydroxylation is 1. The zero-order chi connectivity index (χ0) is 23.8. The fraction of sp³-hybridized carbons (Fsp3) is 0.0968. The highest BCUT2D eigenvalue weighted by Gasteiger charge is 2.45. The molecule has 0 N–H and O–H groups in total. The SMILES string of the molecule is COc1ccc(C2(c3ccc(Oc4cc(C)ncn4)cc3)c3ccccc3-c3ccccc32)cc1. The summed E-state index contributed by atoms with van der Waals surface area (Å²) in [4.78, 5) is 8.37. The Hall–Kier alpha value is -4.44. The molecular weight excluding hydrogens is 432 g/mol. The maximum atomic E-state index is 6.02. The van der Waals surface area contributed by atoms with Crippen molar-refractivity contribution in [2.45, 2.75) is 12.3 Å². The predicted octanol–water partition coefficient (Wildman–Crippen LogP) is 6.95. The van der Waals surface area contributed by atoms with Gasteiger partial charge in [-0.2, -0.15) is 0 Å². The minimum absolute atomic E-state index is 0.455. The molecule has 0 saturated heterocycles. The predicted molar refractivity (Wildman–Crippen MR) is 137 cm³/mol. The van der Waals surface area contributed by atoms with Crippen molar-refractivity contribution in [3.63, 3.8) is 0 Å². The summed E-state index contributed by atoms with van der Waals surface area (Å²) in [5.41, 5.74) is 7.83. The molecule has 1 aromatic heterocycles. The molecule has 4 nitrogen and oxygen atoms in total. The zero-order valence-electron chi connectivity index (χ0n) is 19.6. The Morgan fingerprint density at radius 3 is 1.71 bits per heavy atom. The summed E-state index contributed by atoms with van der Waals surface area (Å²) in [5.74, 6) is 2.11. The Kier molecular flexibility index (Phi) is 5.07. The molecular formula is C31H24N2O2. The van der Waals surface area contributed by atoms with Crippen molar-refractivity contribution in [2.75, 3.05) is 7.11 Å². The van der Waals surface area contributed by atoms with Crippen LogP contribution in [0.2, 0.25) is 0 Å². The summed E-state index contributed by atoms with van der Waals surface area (Å²) < 4.78 is 11.5. The molecule has 1 aliphatic carbocycles. The van der Waals surface area contributed by atoms with Gasteiger partial charge in [0, 0.05) is 11.8 Å². The zero-order valence-corrected chi connectivity index (χ0v) is 19.6. The monoisotopic (exact) mass is 456 g/mol. The van der Waals surface area contributed by atoms with E-state index in [1.54, 1.807) is 7.11 Å². The Bertz CT molecular complexity index is 1460. The van der Waals surface area contributed by atoms with Crippen molar-refractivity contribution in [1.29, 1.82) is 0 Å². The molecule has 0 amide bonds. The third-order valence-corrected chi connectivity index (χ3v) is 6.76. The number of hydrogen-bond donors (Lipinski definition) is 0. The van der Waals surface area contributed by atoms with Crippen LogP contribution >= 0.6 is 0 Å². The van der Waals surface area contributed by atoms with E-state index in [4.69, 9.17) is 9.47 Å². The van der Waals surface area contributed by atoms with Crippen LogP contribution in [-0.4, -0.2) is 17.1 Å². The van der Waals surface area contributed by atoms with Crippen molar-refractivity contribution in [1.82, 2.24) is 9.97 Å². The quantitative estimate of drug-likeness (QED) is 0.282. The highest BCUT2D eigenvalue weighted by Crippen LogP contribution is 2.56.